The Kier molecular flexibility index (Phi) is 4.23. The van der Waals surface area contributed by atoms with Gasteiger partial charge in [0.15, 0.2) is 0 Å². The summed E-state index contributed by atoms with van der Waals surface area (Å²) in [6.07, 6.45) is 0. The quantitative estimate of drug-likeness (QED) is 0.849. The van der Waals surface area contributed by atoms with Crippen LogP contribution in [0.15, 0.2) is 54.6 Å². The highest BCUT2D eigenvalue weighted by Crippen LogP contribution is 2.21. The average Bonchev–Trinajstić information content (AvgIpc) is 2.46. The molecule has 0 unspecified atom stereocenters. The maximum absolute atomic E-state index is 3.63. The number of anilines is 1. The molecule has 0 saturated heterocycles. The van der Waals surface area contributed by atoms with Crippen LogP contribution in [0.25, 0.3) is 0 Å². The van der Waals surface area contributed by atoms with Crippen molar-refractivity contribution in [3.63, 3.8) is 0 Å². The SMILES string of the molecule is CNc1ccccc1CNC(C)(C)c1ccccc1. The van der Waals surface area contributed by atoms with Crippen LogP contribution in [0.1, 0.15) is 25.0 Å². The van der Waals surface area contributed by atoms with Gasteiger partial charge in [-0.1, -0.05) is 48.5 Å². The van der Waals surface area contributed by atoms with Crippen LogP contribution in [0.4, 0.5) is 5.69 Å². The molecule has 2 nitrogen and oxygen atoms in total. The predicted molar refractivity (Wildman–Crippen MR) is 82.3 cm³/mol. The minimum atomic E-state index is -0.0396. The molecule has 0 aliphatic rings. The number of para-hydroxylation sites is 1. The van der Waals surface area contributed by atoms with E-state index in [4.69, 9.17) is 0 Å². The van der Waals surface area contributed by atoms with E-state index in [1.54, 1.807) is 0 Å². The van der Waals surface area contributed by atoms with Gasteiger partial charge in [-0.3, -0.25) is 0 Å². The fraction of sp³-hybridized carbons (Fsp3) is 0.294. The first kappa shape index (κ1) is 13.6. The number of hydrogen-bond acceptors (Lipinski definition) is 2. The number of nitrogens with one attached hydrogen (secondary N) is 2. The first-order valence-corrected chi connectivity index (χ1v) is 6.70. The molecular formula is C17H22N2. The van der Waals surface area contributed by atoms with Gasteiger partial charge in [-0.25, -0.2) is 0 Å². The third-order valence-corrected chi connectivity index (χ3v) is 3.50. The highest BCUT2D eigenvalue weighted by molar-refractivity contribution is 5.50. The fourth-order valence-electron chi connectivity index (χ4n) is 2.19. The van der Waals surface area contributed by atoms with E-state index in [9.17, 15) is 0 Å². The monoisotopic (exact) mass is 254 g/mol. The molecule has 19 heavy (non-hydrogen) atoms. The van der Waals surface area contributed by atoms with E-state index in [2.05, 4.69) is 79.1 Å². The second-order valence-corrected chi connectivity index (χ2v) is 5.25. The molecule has 2 N–H and O–H groups in total. The third kappa shape index (κ3) is 3.36. The lowest BCUT2D eigenvalue weighted by molar-refractivity contribution is 0.401. The summed E-state index contributed by atoms with van der Waals surface area (Å²) in [4.78, 5) is 0. The van der Waals surface area contributed by atoms with Crippen LogP contribution in [0.2, 0.25) is 0 Å². The fourth-order valence-corrected chi connectivity index (χ4v) is 2.19. The smallest absolute Gasteiger partial charge is 0.0383 e. The van der Waals surface area contributed by atoms with Crippen LogP contribution in [0.5, 0.6) is 0 Å². The van der Waals surface area contributed by atoms with Crippen LogP contribution in [-0.4, -0.2) is 7.05 Å². The number of hydrogen-bond donors (Lipinski definition) is 2. The summed E-state index contributed by atoms with van der Waals surface area (Å²) >= 11 is 0. The molecule has 0 spiro atoms. The lowest BCUT2D eigenvalue weighted by Gasteiger charge is -2.27. The Morgan fingerprint density at radius 1 is 0.895 bits per heavy atom. The summed E-state index contributed by atoms with van der Waals surface area (Å²) < 4.78 is 0. The summed E-state index contributed by atoms with van der Waals surface area (Å²) in [7, 11) is 1.96. The number of rotatable bonds is 5. The van der Waals surface area contributed by atoms with Crippen molar-refractivity contribution in [3.05, 3.63) is 65.7 Å². The summed E-state index contributed by atoms with van der Waals surface area (Å²) in [6.45, 7) is 5.27. The van der Waals surface area contributed by atoms with Crippen molar-refractivity contribution in [1.82, 2.24) is 5.32 Å². The minimum absolute atomic E-state index is 0.0396. The van der Waals surface area contributed by atoms with Crippen molar-refractivity contribution in [3.8, 4) is 0 Å². The van der Waals surface area contributed by atoms with Gasteiger partial charge in [-0.2, -0.15) is 0 Å². The van der Waals surface area contributed by atoms with E-state index in [1.807, 2.05) is 7.05 Å². The molecule has 2 heteroatoms. The van der Waals surface area contributed by atoms with Crippen molar-refractivity contribution in [2.24, 2.45) is 0 Å². The van der Waals surface area contributed by atoms with Crippen molar-refractivity contribution >= 4 is 5.69 Å². The molecule has 0 atom stereocenters. The lowest BCUT2D eigenvalue weighted by Crippen LogP contribution is -2.36. The van der Waals surface area contributed by atoms with Crippen molar-refractivity contribution in [1.29, 1.82) is 0 Å². The van der Waals surface area contributed by atoms with Gasteiger partial charge in [-0.05, 0) is 31.0 Å². The van der Waals surface area contributed by atoms with Gasteiger partial charge in [0, 0.05) is 24.8 Å². The molecule has 0 fully saturated rings. The molecule has 2 rings (SSSR count). The van der Waals surface area contributed by atoms with E-state index < -0.39 is 0 Å². The molecular weight excluding hydrogens is 232 g/mol. The van der Waals surface area contributed by atoms with Gasteiger partial charge in [0.2, 0.25) is 0 Å². The number of benzene rings is 2. The van der Waals surface area contributed by atoms with Gasteiger partial charge in [0.05, 0.1) is 0 Å². The van der Waals surface area contributed by atoms with Gasteiger partial charge < -0.3 is 10.6 Å². The van der Waals surface area contributed by atoms with Crippen LogP contribution in [0, 0.1) is 0 Å². The Hall–Kier alpha value is -1.80. The summed E-state index contributed by atoms with van der Waals surface area (Å²) in [5.74, 6) is 0. The Morgan fingerprint density at radius 2 is 1.53 bits per heavy atom. The van der Waals surface area contributed by atoms with Gasteiger partial charge >= 0.3 is 0 Å². The van der Waals surface area contributed by atoms with Crippen LogP contribution >= 0.6 is 0 Å². The highest BCUT2D eigenvalue weighted by atomic mass is 15.0. The van der Waals surface area contributed by atoms with Crippen molar-refractivity contribution < 1.29 is 0 Å². The molecule has 100 valence electrons. The largest absolute Gasteiger partial charge is 0.388 e. The lowest BCUT2D eigenvalue weighted by atomic mass is 9.94. The average molecular weight is 254 g/mol. The van der Waals surface area contributed by atoms with E-state index in [-0.39, 0.29) is 5.54 Å². The predicted octanol–water partition coefficient (Wildman–Crippen LogP) is 3.75. The van der Waals surface area contributed by atoms with Crippen molar-refractivity contribution in [2.45, 2.75) is 25.9 Å². The van der Waals surface area contributed by atoms with Gasteiger partial charge in [0.1, 0.15) is 0 Å². The van der Waals surface area contributed by atoms with Crippen LogP contribution < -0.4 is 10.6 Å². The van der Waals surface area contributed by atoms with Crippen LogP contribution in [0.3, 0.4) is 0 Å². The van der Waals surface area contributed by atoms with Gasteiger partial charge in [0.25, 0.3) is 0 Å². The van der Waals surface area contributed by atoms with E-state index in [0.717, 1.165) is 6.54 Å². The zero-order chi connectivity index (χ0) is 13.7. The van der Waals surface area contributed by atoms with Crippen molar-refractivity contribution in [2.75, 3.05) is 12.4 Å². The first-order chi connectivity index (χ1) is 9.13. The Labute approximate surface area is 115 Å². The molecule has 0 aliphatic heterocycles. The minimum Gasteiger partial charge on any atom is -0.388 e. The molecule has 0 aromatic heterocycles. The zero-order valence-electron chi connectivity index (χ0n) is 11.9. The summed E-state index contributed by atoms with van der Waals surface area (Å²) in [5, 5.41) is 6.86. The second kappa shape index (κ2) is 5.89. The third-order valence-electron chi connectivity index (χ3n) is 3.50. The van der Waals surface area contributed by atoms with E-state index >= 15 is 0 Å². The first-order valence-electron chi connectivity index (χ1n) is 6.70. The Bertz CT molecular complexity index is 518. The van der Waals surface area contributed by atoms with Crippen LogP contribution in [-0.2, 0) is 12.1 Å². The molecule has 0 radical (unpaired) electrons. The Balaban J connectivity index is 2.10. The van der Waals surface area contributed by atoms with Gasteiger partial charge in [-0.15, -0.1) is 0 Å². The highest BCUT2D eigenvalue weighted by Gasteiger charge is 2.19. The summed E-state index contributed by atoms with van der Waals surface area (Å²) in [5.41, 5.74) is 3.73. The van der Waals surface area contributed by atoms with E-state index in [1.165, 1.54) is 16.8 Å². The van der Waals surface area contributed by atoms with E-state index in [0.29, 0.717) is 0 Å². The molecule has 0 heterocycles. The molecule has 2 aromatic carbocycles. The topological polar surface area (TPSA) is 24.1 Å². The summed E-state index contributed by atoms with van der Waals surface area (Å²) in [6, 6.07) is 18.9. The standard InChI is InChI=1S/C17H22N2/c1-17(2,15-10-5-4-6-11-15)19-13-14-9-7-8-12-16(14)18-3/h4-12,18-19H,13H2,1-3H3. The maximum Gasteiger partial charge on any atom is 0.0383 e. The molecule has 0 aliphatic carbocycles. The maximum atomic E-state index is 3.63. The second-order valence-electron chi connectivity index (χ2n) is 5.25. The normalized spacial score (nSPS) is 11.3. The molecule has 2 aromatic rings. The Morgan fingerprint density at radius 3 is 2.21 bits per heavy atom. The molecule has 0 amide bonds. The zero-order valence-corrected chi connectivity index (χ0v) is 11.9. The molecule has 0 saturated carbocycles. The molecule has 0 bridgehead atoms.